The molecule has 1 aromatic heterocycles. The van der Waals surface area contributed by atoms with Crippen molar-refractivity contribution in [3.05, 3.63) is 34.9 Å². The third kappa shape index (κ3) is 2.46. The average Bonchev–Trinajstić information content (AvgIpc) is 2.82. The van der Waals surface area contributed by atoms with Crippen molar-refractivity contribution >= 4 is 26.8 Å². The van der Waals surface area contributed by atoms with Gasteiger partial charge in [-0.1, -0.05) is 22.0 Å². The third-order valence-electron chi connectivity index (χ3n) is 3.26. The summed E-state index contributed by atoms with van der Waals surface area (Å²) < 4.78 is 14.5. The van der Waals surface area contributed by atoms with Crippen LogP contribution in [-0.4, -0.2) is 24.1 Å². The summed E-state index contributed by atoms with van der Waals surface area (Å²) in [4.78, 5) is 0. The van der Waals surface area contributed by atoms with Crippen molar-refractivity contribution in [2.75, 3.05) is 13.2 Å². The second-order valence-electron chi connectivity index (χ2n) is 4.50. The molecule has 0 N–H and O–H groups in total. The number of aryl methyl sites for hydroxylation is 1. The predicted octanol–water partition coefficient (Wildman–Crippen LogP) is 3.56. The minimum absolute atomic E-state index is 0.0386. The number of fused-ring (bicyclic) bond motifs is 1. The standard InChI is InChI=1S/C14H16BrNO2/c15-12-3-1-4-13-11(12)5-7-16(13)8-6-14-17-9-2-10-18-14/h1,3-5,7,14H,2,6,8-10H2. The minimum Gasteiger partial charge on any atom is -0.353 e. The lowest BCUT2D eigenvalue weighted by molar-refractivity contribution is -0.182. The Hall–Kier alpha value is -0.840. The van der Waals surface area contributed by atoms with Crippen LogP contribution < -0.4 is 0 Å². The van der Waals surface area contributed by atoms with Gasteiger partial charge in [0.1, 0.15) is 0 Å². The van der Waals surface area contributed by atoms with Crippen molar-refractivity contribution < 1.29 is 9.47 Å². The molecule has 0 atom stereocenters. The smallest absolute Gasteiger partial charge is 0.159 e. The minimum atomic E-state index is -0.0386. The lowest BCUT2D eigenvalue weighted by atomic mass is 10.2. The number of hydrogen-bond donors (Lipinski definition) is 0. The highest BCUT2D eigenvalue weighted by Gasteiger charge is 2.14. The summed E-state index contributed by atoms with van der Waals surface area (Å²) in [6.07, 6.45) is 3.99. The molecule has 1 aliphatic rings. The molecule has 1 fully saturated rings. The van der Waals surface area contributed by atoms with Crippen molar-refractivity contribution in [2.45, 2.75) is 25.7 Å². The van der Waals surface area contributed by atoms with E-state index >= 15 is 0 Å². The van der Waals surface area contributed by atoms with E-state index in [0.29, 0.717) is 0 Å². The van der Waals surface area contributed by atoms with Crippen molar-refractivity contribution in [1.82, 2.24) is 4.57 Å². The van der Waals surface area contributed by atoms with Crippen LogP contribution in [0.15, 0.2) is 34.9 Å². The van der Waals surface area contributed by atoms with Gasteiger partial charge in [0.15, 0.2) is 6.29 Å². The van der Waals surface area contributed by atoms with Gasteiger partial charge in [-0.15, -0.1) is 0 Å². The molecule has 3 nitrogen and oxygen atoms in total. The van der Waals surface area contributed by atoms with Crippen LogP contribution in [-0.2, 0) is 16.0 Å². The summed E-state index contributed by atoms with van der Waals surface area (Å²) in [5.41, 5.74) is 1.25. The van der Waals surface area contributed by atoms with Crippen molar-refractivity contribution in [1.29, 1.82) is 0 Å². The first-order chi connectivity index (χ1) is 8.84. The van der Waals surface area contributed by atoms with Crippen LogP contribution >= 0.6 is 15.9 Å². The van der Waals surface area contributed by atoms with Gasteiger partial charge < -0.3 is 14.0 Å². The molecule has 0 saturated carbocycles. The van der Waals surface area contributed by atoms with Gasteiger partial charge in [-0.05, 0) is 24.6 Å². The van der Waals surface area contributed by atoms with Crippen molar-refractivity contribution in [2.24, 2.45) is 0 Å². The Morgan fingerprint density at radius 1 is 1.22 bits per heavy atom. The van der Waals surface area contributed by atoms with Gasteiger partial charge in [-0.2, -0.15) is 0 Å². The Balaban J connectivity index is 1.72. The average molecular weight is 310 g/mol. The van der Waals surface area contributed by atoms with E-state index in [9.17, 15) is 0 Å². The Kier molecular flexibility index (Phi) is 3.68. The number of rotatable bonds is 3. The van der Waals surface area contributed by atoms with Crippen LogP contribution in [0.1, 0.15) is 12.8 Å². The van der Waals surface area contributed by atoms with Gasteiger partial charge in [-0.3, -0.25) is 0 Å². The maximum atomic E-state index is 5.57. The van der Waals surface area contributed by atoms with Crippen LogP contribution in [0.3, 0.4) is 0 Å². The van der Waals surface area contributed by atoms with Gasteiger partial charge in [0.25, 0.3) is 0 Å². The largest absolute Gasteiger partial charge is 0.353 e. The van der Waals surface area contributed by atoms with E-state index in [1.165, 1.54) is 10.9 Å². The van der Waals surface area contributed by atoms with Gasteiger partial charge in [-0.25, -0.2) is 0 Å². The molecule has 4 heteroatoms. The number of halogens is 1. The molecule has 0 spiro atoms. The van der Waals surface area contributed by atoms with Crippen LogP contribution in [0.4, 0.5) is 0 Å². The fraction of sp³-hybridized carbons (Fsp3) is 0.429. The third-order valence-corrected chi connectivity index (χ3v) is 3.95. The first-order valence-electron chi connectivity index (χ1n) is 6.31. The summed E-state index contributed by atoms with van der Waals surface area (Å²) in [7, 11) is 0. The molecule has 0 unspecified atom stereocenters. The molecule has 1 aromatic carbocycles. The second kappa shape index (κ2) is 5.43. The first kappa shape index (κ1) is 12.2. The molecular weight excluding hydrogens is 294 g/mol. The number of ether oxygens (including phenoxy) is 2. The molecule has 0 aliphatic carbocycles. The summed E-state index contributed by atoms with van der Waals surface area (Å²) in [6.45, 7) is 2.57. The Morgan fingerprint density at radius 3 is 2.89 bits per heavy atom. The van der Waals surface area contributed by atoms with Crippen molar-refractivity contribution in [3.8, 4) is 0 Å². The van der Waals surface area contributed by atoms with E-state index in [-0.39, 0.29) is 6.29 Å². The number of hydrogen-bond acceptors (Lipinski definition) is 2. The SMILES string of the molecule is Brc1cccc2c1ccn2CCC1OCCCO1. The molecule has 1 saturated heterocycles. The maximum Gasteiger partial charge on any atom is 0.159 e. The fourth-order valence-corrected chi connectivity index (χ4v) is 2.82. The molecular formula is C14H16BrNO2. The number of benzene rings is 1. The van der Waals surface area contributed by atoms with Gasteiger partial charge in [0, 0.05) is 34.5 Å². The van der Waals surface area contributed by atoms with E-state index in [2.05, 4.69) is 51.0 Å². The molecule has 0 radical (unpaired) electrons. The molecule has 3 rings (SSSR count). The normalized spacial score (nSPS) is 17.4. The Morgan fingerprint density at radius 2 is 2.06 bits per heavy atom. The fourth-order valence-electron chi connectivity index (χ4n) is 2.33. The van der Waals surface area contributed by atoms with E-state index in [1.54, 1.807) is 0 Å². The van der Waals surface area contributed by atoms with E-state index < -0.39 is 0 Å². The first-order valence-corrected chi connectivity index (χ1v) is 7.10. The maximum absolute atomic E-state index is 5.57. The number of nitrogens with zero attached hydrogens (tertiary/aromatic N) is 1. The lowest BCUT2D eigenvalue weighted by Crippen LogP contribution is -2.25. The van der Waals surface area contributed by atoms with Crippen LogP contribution in [0, 0.1) is 0 Å². The zero-order valence-electron chi connectivity index (χ0n) is 10.1. The second-order valence-corrected chi connectivity index (χ2v) is 5.35. The van der Waals surface area contributed by atoms with Crippen LogP contribution in [0.2, 0.25) is 0 Å². The zero-order chi connectivity index (χ0) is 12.4. The summed E-state index contributed by atoms with van der Waals surface area (Å²) >= 11 is 3.58. The predicted molar refractivity (Wildman–Crippen MR) is 74.6 cm³/mol. The summed E-state index contributed by atoms with van der Waals surface area (Å²) in [6, 6.07) is 8.42. The molecule has 18 heavy (non-hydrogen) atoms. The molecule has 1 aliphatic heterocycles. The molecule has 0 bridgehead atoms. The molecule has 2 aromatic rings. The zero-order valence-corrected chi connectivity index (χ0v) is 11.7. The molecule has 96 valence electrons. The van der Waals surface area contributed by atoms with Gasteiger partial charge in [0.2, 0.25) is 0 Å². The van der Waals surface area contributed by atoms with Gasteiger partial charge >= 0.3 is 0 Å². The monoisotopic (exact) mass is 309 g/mol. The highest BCUT2D eigenvalue weighted by atomic mass is 79.9. The van der Waals surface area contributed by atoms with Crippen LogP contribution in [0.5, 0.6) is 0 Å². The molecule has 0 amide bonds. The quantitative estimate of drug-likeness (QED) is 0.865. The van der Waals surface area contributed by atoms with Crippen molar-refractivity contribution in [3.63, 3.8) is 0 Å². The summed E-state index contributed by atoms with van der Waals surface area (Å²) in [5, 5.41) is 1.25. The highest BCUT2D eigenvalue weighted by Crippen LogP contribution is 2.25. The Labute approximate surface area is 115 Å². The van der Waals surface area contributed by atoms with Crippen LogP contribution in [0.25, 0.3) is 10.9 Å². The van der Waals surface area contributed by atoms with E-state index in [1.807, 2.05) is 0 Å². The number of aromatic nitrogens is 1. The lowest BCUT2D eigenvalue weighted by Gasteiger charge is -2.23. The highest BCUT2D eigenvalue weighted by molar-refractivity contribution is 9.10. The summed E-state index contributed by atoms with van der Waals surface area (Å²) in [5.74, 6) is 0. The Bertz CT molecular complexity index is 532. The molecule has 2 heterocycles. The van der Waals surface area contributed by atoms with E-state index in [0.717, 1.165) is 37.1 Å². The topological polar surface area (TPSA) is 23.4 Å². The van der Waals surface area contributed by atoms with E-state index in [4.69, 9.17) is 9.47 Å². The van der Waals surface area contributed by atoms with Gasteiger partial charge in [0.05, 0.1) is 13.2 Å².